The van der Waals surface area contributed by atoms with Crippen molar-refractivity contribution in [1.82, 2.24) is 4.72 Å². The fraction of sp³-hybridized carbons (Fsp3) is 1.00. The maximum Gasteiger partial charge on any atom is 0.431 e. The van der Waals surface area contributed by atoms with Gasteiger partial charge in [0, 0.05) is 19.4 Å². The topological polar surface area (TPSA) is 46.2 Å². The van der Waals surface area contributed by atoms with Crippen LogP contribution in [0.1, 0.15) is 19.3 Å². The summed E-state index contributed by atoms with van der Waals surface area (Å²) in [4.78, 5) is 0. The molecule has 0 bridgehead atoms. The Morgan fingerprint density at radius 2 is 1.30 bits per heavy atom. The van der Waals surface area contributed by atoms with Crippen molar-refractivity contribution < 1.29 is 69.2 Å². The van der Waals surface area contributed by atoms with E-state index < -0.39 is 58.7 Å². The number of quaternary nitrogens is 1. The first-order valence-corrected chi connectivity index (χ1v) is 9.84. The minimum Gasteiger partial charge on any atom is -1.00 e. The van der Waals surface area contributed by atoms with Gasteiger partial charge in [-0.15, -0.1) is 0 Å². The summed E-state index contributed by atoms with van der Waals surface area (Å²) in [7, 11) is 0.931. The molecule has 0 aliphatic heterocycles. The highest BCUT2D eigenvalue weighted by atomic mass is 35.5. The number of alkyl halides is 10. The Hall–Kier alpha value is -0.540. The third-order valence-electron chi connectivity index (χ3n) is 3.95. The number of rotatable bonds is 10. The lowest BCUT2D eigenvalue weighted by atomic mass is 9.88. The molecule has 0 aliphatic carbocycles. The summed E-state index contributed by atoms with van der Waals surface area (Å²) in [6.07, 6.45) is -23.4. The number of halogens is 11. The van der Waals surface area contributed by atoms with Crippen LogP contribution < -0.4 is 17.1 Å². The maximum atomic E-state index is 13.6. The molecule has 0 heterocycles. The monoisotopic (exact) mass is 508 g/mol. The molecule has 4 nitrogen and oxygen atoms in total. The molecule has 0 saturated heterocycles. The van der Waals surface area contributed by atoms with Gasteiger partial charge >= 0.3 is 18.5 Å². The van der Waals surface area contributed by atoms with Crippen molar-refractivity contribution in [3.63, 3.8) is 0 Å². The van der Waals surface area contributed by atoms with Gasteiger partial charge in [-0.1, -0.05) is 0 Å². The van der Waals surface area contributed by atoms with Crippen molar-refractivity contribution >= 4 is 10.0 Å². The van der Waals surface area contributed by atoms with E-state index in [1.165, 1.54) is 0 Å². The van der Waals surface area contributed by atoms with Crippen molar-refractivity contribution in [2.45, 2.75) is 43.5 Å². The summed E-state index contributed by atoms with van der Waals surface area (Å²) in [5, 5.41) is 0. The van der Waals surface area contributed by atoms with Crippen LogP contribution in [-0.4, -0.2) is 77.1 Å². The van der Waals surface area contributed by atoms with E-state index in [0.29, 0.717) is 11.0 Å². The van der Waals surface area contributed by atoms with Gasteiger partial charge < -0.3 is 16.9 Å². The molecule has 16 heteroatoms. The lowest BCUT2D eigenvalue weighted by Gasteiger charge is -2.33. The van der Waals surface area contributed by atoms with Gasteiger partial charge in [-0.25, -0.2) is 17.5 Å². The summed E-state index contributed by atoms with van der Waals surface area (Å²) in [6.45, 7) is 0.294. The van der Waals surface area contributed by atoms with Gasteiger partial charge in [0.25, 0.3) is 5.67 Å². The Kier molecular flexibility index (Phi) is 11.0. The van der Waals surface area contributed by atoms with Gasteiger partial charge in [-0.2, -0.15) is 39.5 Å². The maximum absolute atomic E-state index is 13.6. The van der Waals surface area contributed by atoms with Crippen molar-refractivity contribution in [2.24, 2.45) is 5.92 Å². The van der Waals surface area contributed by atoms with Gasteiger partial charge in [0.15, 0.2) is 0 Å². The van der Waals surface area contributed by atoms with E-state index in [2.05, 4.69) is 0 Å². The van der Waals surface area contributed by atoms with Crippen molar-refractivity contribution in [1.29, 1.82) is 0 Å². The van der Waals surface area contributed by atoms with Crippen LogP contribution >= 0.6 is 0 Å². The van der Waals surface area contributed by atoms with Crippen LogP contribution in [0.2, 0.25) is 0 Å². The fourth-order valence-corrected chi connectivity index (χ4v) is 3.46. The van der Waals surface area contributed by atoms with E-state index in [1.54, 1.807) is 21.1 Å². The summed E-state index contributed by atoms with van der Waals surface area (Å²) >= 11 is 0. The highest BCUT2D eigenvalue weighted by molar-refractivity contribution is 7.89. The van der Waals surface area contributed by atoms with Crippen molar-refractivity contribution in [2.75, 3.05) is 40.0 Å². The Morgan fingerprint density at radius 1 is 0.867 bits per heavy atom. The molecule has 1 N–H and O–H groups in total. The summed E-state index contributed by atoms with van der Waals surface area (Å²) in [5.74, 6) is -4.88. The zero-order valence-corrected chi connectivity index (χ0v) is 17.7. The number of hydrogen-bond acceptors (Lipinski definition) is 2. The molecular formula is C14H23ClF10N2O2S. The van der Waals surface area contributed by atoms with Crippen LogP contribution in [0.15, 0.2) is 0 Å². The van der Waals surface area contributed by atoms with Crippen LogP contribution in [0.4, 0.5) is 43.9 Å². The van der Waals surface area contributed by atoms with Crippen molar-refractivity contribution in [3.05, 3.63) is 0 Å². The minimum atomic E-state index is -6.66. The molecule has 0 aliphatic rings. The van der Waals surface area contributed by atoms with Crippen LogP contribution in [0.5, 0.6) is 0 Å². The van der Waals surface area contributed by atoms with Crippen molar-refractivity contribution in [3.8, 4) is 0 Å². The standard InChI is InChI=1S/C14H23F10N2O2S.ClH/c1-26(2,3)7-4-6-25-29(27,28)8-5-10(12(16,17)18)9-11(15,13(19,20)21)14(22,23)24;/h10,25H,4-9H2,1-3H3;1H/q+1;/p-1. The third kappa shape index (κ3) is 10.2. The molecule has 184 valence electrons. The Labute approximate surface area is 174 Å². The number of nitrogens with one attached hydrogen (secondary N) is 1. The van der Waals surface area contributed by atoms with Gasteiger partial charge in [0.1, 0.15) is 0 Å². The molecule has 1 atom stereocenters. The molecule has 0 aromatic carbocycles. The van der Waals surface area contributed by atoms with E-state index in [-0.39, 0.29) is 25.4 Å². The zero-order chi connectivity index (χ0) is 23.5. The van der Waals surface area contributed by atoms with Crippen LogP contribution in [-0.2, 0) is 10.0 Å². The molecule has 0 rings (SSSR count). The quantitative estimate of drug-likeness (QED) is 0.270. The molecule has 0 saturated carbocycles. The van der Waals surface area contributed by atoms with E-state index in [0.717, 1.165) is 0 Å². The molecule has 30 heavy (non-hydrogen) atoms. The van der Waals surface area contributed by atoms with Crippen LogP contribution in [0.25, 0.3) is 0 Å². The molecule has 0 fully saturated rings. The molecule has 0 aromatic rings. The molecule has 0 spiro atoms. The second-order valence-electron chi connectivity index (χ2n) is 7.61. The largest absolute Gasteiger partial charge is 1.00 e. The second kappa shape index (κ2) is 10.4. The fourth-order valence-electron chi connectivity index (χ4n) is 2.26. The first-order chi connectivity index (χ1) is 12.5. The third-order valence-corrected chi connectivity index (χ3v) is 5.37. The van der Waals surface area contributed by atoms with E-state index >= 15 is 0 Å². The Bertz CT molecular complexity index is 613. The Morgan fingerprint density at radius 3 is 1.63 bits per heavy atom. The average Bonchev–Trinajstić information content (AvgIpc) is 2.43. The van der Waals surface area contributed by atoms with Crippen LogP contribution in [0, 0.1) is 5.92 Å². The second-order valence-corrected chi connectivity index (χ2v) is 9.54. The van der Waals surface area contributed by atoms with Gasteiger partial charge in [0.05, 0.1) is 39.4 Å². The molecule has 0 aromatic heterocycles. The van der Waals surface area contributed by atoms with Gasteiger partial charge in [-0.3, -0.25) is 0 Å². The summed E-state index contributed by atoms with van der Waals surface area (Å²) in [6, 6.07) is 0. The smallest absolute Gasteiger partial charge is 0.431 e. The summed E-state index contributed by atoms with van der Waals surface area (Å²) < 4.78 is 153. The predicted octanol–water partition coefficient (Wildman–Crippen LogP) is 0.798. The highest BCUT2D eigenvalue weighted by Gasteiger charge is 2.73. The highest BCUT2D eigenvalue weighted by Crippen LogP contribution is 2.52. The normalized spacial score (nSPS) is 15.6. The summed E-state index contributed by atoms with van der Waals surface area (Å²) in [5.41, 5.74) is -6.12. The minimum absolute atomic E-state index is 0. The molecule has 0 amide bonds. The first kappa shape index (κ1) is 31.6. The number of nitrogens with zero attached hydrogens (tertiary/aromatic N) is 1. The molecule has 1 unspecified atom stereocenters. The zero-order valence-electron chi connectivity index (χ0n) is 16.1. The lowest BCUT2D eigenvalue weighted by molar-refractivity contribution is -0.870. The lowest BCUT2D eigenvalue weighted by Crippen LogP contribution is -3.00. The van der Waals surface area contributed by atoms with E-state index in [9.17, 15) is 52.3 Å². The van der Waals surface area contributed by atoms with Crippen LogP contribution in [0.3, 0.4) is 0 Å². The molecular weight excluding hydrogens is 486 g/mol. The number of hydrogen-bond donors (Lipinski definition) is 1. The van der Waals surface area contributed by atoms with E-state index in [4.69, 9.17) is 0 Å². The SMILES string of the molecule is C[N+](C)(C)CCCNS(=O)(=O)CCC(CC(F)(C(F)(F)F)C(F)(F)F)C(F)(F)F.[Cl-]. The first-order valence-electron chi connectivity index (χ1n) is 8.19. The van der Waals surface area contributed by atoms with Gasteiger partial charge in [0.2, 0.25) is 10.0 Å². The average molecular weight is 509 g/mol. The Balaban J connectivity index is 0. The van der Waals surface area contributed by atoms with E-state index in [1.807, 2.05) is 4.72 Å². The predicted molar refractivity (Wildman–Crippen MR) is 84.0 cm³/mol. The molecule has 0 radical (unpaired) electrons. The number of sulfonamides is 1. The van der Waals surface area contributed by atoms with Gasteiger partial charge in [-0.05, 0) is 6.42 Å².